The van der Waals surface area contributed by atoms with E-state index < -0.39 is 0 Å². The molecule has 1 aromatic heterocycles. The van der Waals surface area contributed by atoms with Gasteiger partial charge in [0.15, 0.2) is 0 Å². The Hall–Kier alpha value is -2.43. The van der Waals surface area contributed by atoms with Crippen LogP contribution < -0.4 is 10.6 Å². The van der Waals surface area contributed by atoms with E-state index >= 15 is 0 Å². The highest BCUT2D eigenvalue weighted by Crippen LogP contribution is 2.32. The number of rotatable bonds is 2. The predicted molar refractivity (Wildman–Crippen MR) is 76.5 cm³/mol. The number of amides is 2. The molecular weight excluding hydrogens is 252 g/mol. The lowest BCUT2D eigenvalue weighted by Gasteiger charge is -2.18. The minimum atomic E-state index is -0.206. The second-order valence-electron chi connectivity index (χ2n) is 5.03. The summed E-state index contributed by atoms with van der Waals surface area (Å²) in [6, 6.07) is 9.96. The molecule has 1 aromatic carbocycles. The number of nitrogens with zero attached hydrogens (tertiary/aromatic N) is 2. The molecule has 2 N–H and O–H groups in total. The Kier molecular flexibility index (Phi) is 3.33. The molecule has 1 heterocycles. The van der Waals surface area contributed by atoms with Crippen molar-refractivity contribution >= 4 is 11.7 Å². The minimum Gasteiger partial charge on any atom is -0.334 e. The maximum absolute atomic E-state index is 12.0. The maximum atomic E-state index is 12.0. The first-order chi connectivity index (χ1) is 9.74. The number of hydrogen-bond acceptors (Lipinski definition) is 3. The Bertz CT molecular complexity index is 614. The number of hydrogen-bond donors (Lipinski definition) is 2. The van der Waals surface area contributed by atoms with Crippen LogP contribution in [0, 0.1) is 0 Å². The lowest BCUT2D eigenvalue weighted by atomic mass is 10.0. The van der Waals surface area contributed by atoms with Crippen LogP contribution >= 0.6 is 0 Å². The lowest BCUT2D eigenvalue weighted by molar-refractivity contribution is 0.247. The van der Waals surface area contributed by atoms with Crippen molar-refractivity contribution in [2.45, 2.75) is 25.3 Å². The van der Waals surface area contributed by atoms with Gasteiger partial charge in [-0.05, 0) is 23.6 Å². The average molecular weight is 268 g/mol. The smallest absolute Gasteiger partial charge is 0.319 e. The summed E-state index contributed by atoms with van der Waals surface area (Å²) in [5.74, 6) is 0.326. The first kappa shape index (κ1) is 12.6. The molecule has 0 aliphatic heterocycles. The van der Waals surface area contributed by atoms with E-state index in [0.717, 1.165) is 6.42 Å². The standard InChI is InChI=1S/C15H16N4O/c1-10-13-5-3-2-4-11(13)8-14(10)19-15(20)18-12-6-7-16-17-9-12/h2-7,9-10,14H,8H2,1H3,(H2,16,18,19,20)/t10-,14+/m0/s1. The molecule has 1 aliphatic carbocycles. The molecule has 1 aliphatic rings. The van der Waals surface area contributed by atoms with E-state index in [-0.39, 0.29) is 12.1 Å². The first-order valence-corrected chi connectivity index (χ1v) is 6.66. The Morgan fingerprint density at radius 3 is 2.85 bits per heavy atom. The van der Waals surface area contributed by atoms with Crippen LogP contribution in [0.1, 0.15) is 24.0 Å². The molecule has 0 spiro atoms. The zero-order chi connectivity index (χ0) is 13.9. The summed E-state index contributed by atoms with van der Waals surface area (Å²) in [6.45, 7) is 2.14. The summed E-state index contributed by atoms with van der Waals surface area (Å²) < 4.78 is 0. The molecule has 2 aromatic rings. The van der Waals surface area contributed by atoms with Gasteiger partial charge in [0, 0.05) is 12.0 Å². The highest BCUT2D eigenvalue weighted by molar-refractivity contribution is 5.89. The van der Waals surface area contributed by atoms with E-state index in [1.807, 2.05) is 12.1 Å². The Morgan fingerprint density at radius 2 is 2.10 bits per heavy atom. The van der Waals surface area contributed by atoms with Crippen LogP contribution in [0.3, 0.4) is 0 Å². The van der Waals surface area contributed by atoms with Crippen molar-refractivity contribution in [1.29, 1.82) is 0 Å². The molecule has 0 saturated heterocycles. The van der Waals surface area contributed by atoms with Crippen LogP contribution in [0.4, 0.5) is 10.5 Å². The number of carbonyl (C=O) groups excluding carboxylic acids is 1. The number of nitrogens with one attached hydrogen (secondary N) is 2. The Morgan fingerprint density at radius 1 is 1.25 bits per heavy atom. The molecule has 2 amide bonds. The van der Waals surface area contributed by atoms with Crippen molar-refractivity contribution in [1.82, 2.24) is 15.5 Å². The summed E-state index contributed by atoms with van der Waals surface area (Å²) in [6.07, 6.45) is 3.94. The molecule has 0 fully saturated rings. The molecule has 102 valence electrons. The van der Waals surface area contributed by atoms with Crippen LogP contribution in [0.15, 0.2) is 42.7 Å². The van der Waals surface area contributed by atoms with E-state index in [1.54, 1.807) is 12.3 Å². The number of benzene rings is 1. The third-order valence-electron chi connectivity index (χ3n) is 3.75. The summed E-state index contributed by atoms with van der Waals surface area (Å²) in [4.78, 5) is 12.0. The molecule has 2 atom stereocenters. The van der Waals surface area contributed by atoms with Crippen LogP contribution in [0.5, 0.6) is 0 Å². The van der Waals surface area contributed by atoms with Gasteiger partial charge in [-0.2, -0.15) is 10.2 Å². The van der Waals surface area contributed by atoms with E-state index in [0.29, 0.717) is 11.6 Å². The summed E-state index contributed by atoms with van der Waals surface area (Å²) in [5, 5.41) is 13.2. The van der Waals surface area contributed by atoms with E-state index in [2.05, 4.69) is 39.9 Å². The van der Waals surface area contributed by atoms with Gasteiger partial charge in [0.25, 0.3) is 0 Å². The third kappa shape index (κ3) is 2.47. The topological polar surface area (TPSA) is 66.9 Å². The van der Waals surface area contributed by atoms with Gasteiger partial charge in [-0.25, -0.2) is 4.79 Å². The van der Waals surface area contributed by atoms with Crippen LogP contribution in [-0.4, -0.2) is 22.3 Å². The Labute approximate surface area is 117 Å². The molecule has 0 radical (unpaired) electrons. The minimum absolute atomic E-state index is 0.127. The zero-order valence-corrected chi connectivity index (χ0v) is 11.2. The molecule has 0 saturated carbocycles. The van der Waals surface area contributed by atoms with Crippen molar-refractivity contribution in [3.05, 3.63) is 53.9 Å². The van der Waals surface area contributed by atoms with Gasteiger partial charge in [0.1, 0.15) is 0 Å². The normalized spacial score (nSPS) is 20.2. The second-order valence-corrected chi connectivity index (χ2v) is 5.03. The Balaban J connectivity index is 1.64. The first-order valence-electron chi connectivity index (χ1n) is 6.66. The maximum Gasteiger partial charge on any atom is 0.319 e. The highest BCUT2D eigenvalue weighted by atomic mass is 16.2. The van der Waals surface area contributed by atoms with Crippen LogP contribution in [0.25, 0.3) is 0 Å². The lowest BCUT2D eigenvalue weighted by Crippen LogP contribution is -2.39. The fourth-order valence-corrected chi connectivity index (χ4v) is 2.67. The van der Waals surface area contributed by atoms with E-state index in [4.69, 9.17) is 0 Å². The zero-order valence-electron chi connectivity index (χ0n) is 11.2. The SMILES string of the molecule is C[C@H]1c2ccccc2C[C@H]1NC(=O)Nc1ccnnc1. The van der Waals surface area contributed by atoms with Crippen molar-refractivity contribution < 1.29 is 4.79 Å². The van der Waals surface area contributed by atoms with Crippen LogP contribution in [0.2, 0.25) is 0 Å². The third-order valence-corrected chi connectivity index (χ3v) is 3.75. The van der Waals surface area contributed by atoms with Gasteiger partial charge in [-0.3, -0.25) is 0 Å². The van der Waals surface area contributed by atoms with Crippen molar-refractivity contribution in [3.63, 3.8) is 0 Å². The van der Waals surface area contributed by atoms with Gasteiger partial charge >= 0.3 is 6.03 Å². The number of aromatic nitrogens is 2. The number of anilines is 1. The monoisotopic (exact) mass is 268 g/mol. The van der Waals surface area contributed by atoms with Gasteiger partial charge in [-0.15, -0.1) is 0 Å². The molecular formula is C15H16N4O. The molecule has 20 heavy (non-hydrogen) atoms. The highest BCUT2D eigenvalue weighted by Gasteiger charge is 2.29. The second kappa shape index (κ2) is 5.28. The van der Waals surface area contributed by atoms with Crippen molar-refractivity contribution in [2.75, 3.05) is 5.32 Å². The number of carbonyl (C=O) groups is 1. The summed E-state index contributed by atoms with van der Waals surface area (Å²) in [5.41, 5.74) is 3.28. The van der Waals surface area contributed by atoms with Gasteiger partial charge in [-0.1, -0.05) is 31.2 Å². The molecule has 3 rings (SSSR count). The predicted octanol–water partition coefficient (Wildman–Crippen LogP) is 2.33. The largest absolute Gasteiger partial charge is 0.334 e. The van der Waals surface area contributed by atoms with Crippen molar-refractivity contribution in [2.24, 2.45) is 0 Å². The quantitative estimate of drug-likeness (QED) is 0.878. The van der Waals surface area contributed by atoms with Gasteiger partial charge in [0.05, 0.1) is 18.1 Å². The fraction of sp³-hybridized carbons (Fsp3) is 0.267. The van der Waals surface area contributed by atoms with Gasteiger partial charge in [0.2, 0.25) is 0 Å². The summed E-state index contributed by atoms with van der Waals surface area (Å²) in [7, 11) is 0. The fourth-order valence-electron chi connectivity index (χ4n) is 2.67. The van der Waals surface area contributed by atoms with E-state index in [9.17, 15) is 4.79 Å². The molecule has 5 heteroatoms. The average Bonchev–Trinajstić information content (AvgIpc) is 2.77. The van der Waals surface area contributed by atoms with E-state index in [1.165, 1.54) is 17.3 Å². The number of urea groups is 1. The molecule has 0 unspecified atom stereocenters. The van der Waals surface area contributed by atoms with Crippen LogP contribution in [-0.2, 0) is 6.42 Å². The number of fused-ring (bicyclic) bond motifs is 1. The van der Waals surface area contributed by atoms with Crippen molar-refractivity contribution in [3.8, 4) is 0 Å². The summed E-state index contributed by atoms with van der Waals surface area (Å²) >= 11 is 0. The molecule has 0 bridgehead atoms. The molecule has 5 nitrogen and oxygen atoms in total. The van der Waals surface area contributed by atoms with Gasteiger partial charge < -0.3 is 10.6 Å².